The third kappa shape index (κ3) is 3.45. The second kappa shape index (κ2) is 6.54. The molecule has 1 heterocycles. The molecule has 19 heavy (non-hydrogen) atoms. The summed E-state index contributed by atoms with van der Waals surface area (Å²) in [5.41, 5.74) is 9.57. The lowest BCUT2D eigenvalue weighted by molar-refractivity contribution is -0.126. The van der Waals surface area contributed by atoms with Crippen LogP contribution < -0.4 is 0 Å². The predicted octanol–water partition coefficient (Wildman–Crippen LogP) is 2.19. The van der Waals surface area contributed by atoms with Gasteiger partial charge in [-0.05, 0) is 18.0 Å². The zero-order valence-corrected chi connectivity index (χ0v) is 10.6. The van der Waals surface area contributed by atoms with Gasteiger partial charge >= 0.3 is 0 Å². The van der Waals surface area contributed by atoms with E-state index in [9.17, 15) is 5.11 Å². The zero-order valence-electron chi connectivity index (χ0n) is 10.6. The minimum Gasteiger partial charge on any atom is -0.388 e. The van der Waals surface area contributed by atoms with Gasteiger partial charge in [0.1, 0.15) is 12.7 Å². The van der Waals surface area contributed by atoms with Gasteiger partial charge in [-0.3, -0.25) is 0 Å². The molecule has 1 radical (unpaired) electrons. The van der Waals surface area contributed by atoms with Crippen LogP contribution in [-0.2, 0) is 16.1 Å². The third-order valence-corrected chi connectivity index (χ3v) is 3.06. The summed E-state index contributed by atoms with van der Waals surface area (Å²) in [6.45, 7) is 3.45. The van der Waals surface area contributed by atoms with E-state index in [0.29, 0.717) is 6.61 Å². The minimum absolute atomic E-state index is 0.319. The fraction of sp³-hybridized carbons (Fsp3) is 0.462. The summed E-state index contributed by atoms with van der Waals surface area (Å²) in [6.07, 6.45) is -1.82. The van der Waals surface area contributed by atoms with Crippen molar-refractivity contribution in [2.75, 3.05) is 0 Å². The molecule has 0 bridgehead atoms. The fourth-order valence-corrected chi connectivity index (χ4v) is 2.01. The Bertz CT molecular complexity index is 448. The Labute approximate surface area is 111 Å². The van der Waals surface area contributed by atoms with Crippen LogP contribution in [0.15, 0.2) is 35.4 Å². The Kier molecular flexibility index (Phi) is 4.76. The normalized spacial score (nSPS) is 30.6. The van der Waals surface area contributed by atoms with Gasteiger partial charge < -0.3 is 14.6 Å². The van der Waals surface area contributed by atoms with Gasteiger partial charge in [-0.25, -0.2) is 0 Å². The van der Waals surface area contributed by atoms with Crippen LogP contribution in [0, 0.1) is 6.61 Å². The van der Waals surface area contributed by atoms with Gasteiger partial charge in [0.25, 0.3) is 0 Å². The fourth-order valence-electron chi connectivity index (χ4n) is 2.01. The monoisotopic (exact) mass is 262 g/mol. The van der Waals surface area contributed by atoms with Crippen molar-refractivity contribution in [1.82, 2.24) is 0 Å². The van der Waals surface area contributed by atoms with Crippen LogP contribution in [0.1, 0.15) is 12.5 Å². The van der Waals surface area contributed by atoms with Crippen LogP contribution in [0.2, 0.25) is 0 Å². The first kappa shape index (κ1) is 13.8. The number of azide groups is 1. The van der Waals surface area contributed by atoms with E-state index in [1.54, 1.807) is 6.92 Å². The molecule has 1 aliphatic heterocycles. The third-order valence-electron chi connectivity index (χ3n) is 3.06. The van der Waals surface area contributed by atoms with Gasteiger partial charge in [-0.1, -0.05) is 35.4 Å². The molecular weight excluding hydrogens is 246 g/mol. The van der Waals surface area contributed by atoms with Crippen LogP contribution in [0.25, 0.3) is 10.4 Å². The average molecular weight is 262 g/mol. The first-order valence-corrected chi connectivity index (χ1v) is 6.09. The van der Waals surface area contributed by atoms with E-state index in [1.807, 2.05) is 30.3 Å². The Balaban J connectivity index is 2.04. The van der Waals surface area contributed by atoms with Crippen LogP contribution in [-0.4, -0.2) is 29.5 Å². The van der Waals surface area contributed by atoms with Gasteiger partial charge in [0.15, 0.2) is 0 Å². The molecule has 1 N–H and O–H groups in total. The Morgan fingerprint density at radius 2 is 2.16 bits per heavy atom. The maximum absolute atomic E-state index is 9.87. The molecule has 0 saturated carbocycles. The largest absolute Gasteiger partial charge is 0.388 e. The molecule has 6 heteroatoms. The molecule has 1 aromatic carbocycles. The van der Waals surface area contributed by atoms with Gasteiger partial charge in [-0.15, -0.1) is 0 Å². The van der Waals surface area contributed by atoms with Crippen molar-refractivity contribution in [2.24, 2.45) is 5.11 Å². The highest BCUT2D eigenvalue weighted by atomic mass is 16.5. The molecular formula is C13H16N3O3. The van der Waals surface area contributed by atoms with Crippen molar-refractivity contribution >= 4 is 0 Å². The number of aliphatic hydroxyl groups excluding tert-OH is 1. The van der Waals surface area contributed by atoms with Gasteiger partial charge in [-0.2, -0.15) is 0 Å². The topological polar surface area (TPSA) is 87.5 Å². The van der Waals surface area contributed by atoms with E-state index in [2.05, 4.69) is 10.0 Å². The zero-order chi connectivity index (χ0) is 13.7. The molecule has 1 fully saturated rings. The van der Waals surface area contributed by atoms with E-state index in [4.69, 9.17) is 15.0 Å². The molecule has 4 atom stereocenters. The van der Waals surface area contributed by atoms with Crippen LogP contribution >= 0.6 is 0 Å². The summed E-state index contributed by atoms with van der Waals surface area (Å²) in [6, 6.07) is 9.07. The highest BCUT2D eigenvalue weighted by molar-refractivity contribution is 5.13. The van der Waals surface area contributed by atoms with Crippen LogP contribution in [0.4, 0.5) is 0 Å². The second-order valence-corrected chi connectivity index (χ2v) is 4.42. The SMILES string of the molecule is C[C@H]1O[CH][C@@H](O)[C@@H](OCc2ccccc2)[C@@H]1N=[N+]=[N-]. The molecule has 101 valence electrons. The van der Waals surface area contributed by atoms with Crippen molar-refractivity contribution in [1.29, 1.82) is 0 Å². The van der Waals surface area contributed by atoms with Crippen molar-refractivity contribution < 1.29 is 14.6 Å². The number of aliphatic hydroxyl groups is 1. The summed E-state index contributed by atoms with van der Waals surface area (Å²) >= 11 is 0. The van der Waals surface area contributed by atoms with Crippen LogP contribution in [0.5, 0.6) is 0 Å². The van der Waals surface area contributed by atoms with E-state index < -0.39 is 18.2 Å². The quantitative estimate of drug-likeness (QED) is 0.512. The van der Waals surface area contributed by atoms with Crippen molar-refractivity contribution in [2.45, 2.75) is 37.9 Å². The highest BCUT2D eigenvalue weighted by Crippen LogP contribution is 2.24. The molecule has 1 saturated heterocycles. The lowest BCUT2D eigenvalue weighted by Gasteiger charge is -2.36. The Hall–Kier alpha value is -1.59. The van der Waals surface area contributed by atoms with E-state index in [-0.39, 0.29) is 6.10 Å². The molecule has 6 nitrogen and oxygen atoms in total. The molecule has 2 rings (SSSR count). The molecule has 1 aliphatic rings. The first-order valence-electron chi connectivity index (χ1n) is 6.09. The smallest absolute Gasteiger partial charge is 0.115 e. The van der Waals surface area contributed by atoms with E-state index >= 15 is 0 Å². The number of benzene rings is 1. The van der Waals surface area contributed by atoms with Gasteiger partial charge in [0, 0.05) is 4.91 Å². The number of nitrogens with zero attached hydrogens (tertiary/aromatic N) is 3. The van der Waals surface area contributed by atoms with E-state index in [0.717, 1.165) is 5.56 Å². The second-order valence-electron chi connectivity index (χ2n) is 4.42. The number of hydrogen-bond donors (Lipinski definition) is 1. The van der Waals surface area contributed by atoms with Crippen molar-refractivity contribution in [3.8, 4) is 0 Å². The molecule has 0 aliphatic carbocycles. The van der Waals surface area contributed by atoms with Gasteiger partial charge in [0.05, 0.1) is 24.9 Å². The predicted molar refractivity (Wildman–Crippen MR) is 68.8 cm³/mol. The molecule has 0 aromatic heterocycles. The van der Waals surface area contributed by atoms with Crippen molar-refractivity contribution in [3.63, 3.8) is 0 Å². The summed E-state index contributed by atoms with van der Waals surface area (Å²) < 4.78 is 10.9. The highest BCUT2D eigenvalue weighted by Gasteiger charge is 2.38. The summed E-state index contributed by atoms with van der Waals surface area (Å²) in [5.74, 6) is 0. The summed E-state index contributed by atoms with van der Waals surface area (Å²) in [5, 5.41) is 13.5. The number of ether oxygens (including phenoxy) is 2. The molecule has 0 spiro atoms. The molecule has 0 amide bonds. The Morgan fingerprint density at radius 3 is 2.84 bits per heavy atom. The van der Waals surface area contributed by atoms with Gasteiger partial charge in [0.2, 0.25) is 0 Å². The number of rotatable bonds is 4. The number of hydrogen-bond acceptors (Lipinski definition) is 4. The maximum Gasteiger partial charge on any atom is 0.115 e. The average Bonchev–Trinajstić information content (AvgIpc) is 2.43. The molecule has 1 aromatic rings. The minimum atomic E-state index is -0.907. The van der Waals surface area contributed by atoms with Crippen molar-refractivity contribution in [3.05, 3.63) is 52.9 Å². The molecule has 0 unspecified atom stereocenters. The maximum atomic E-state index is 9.87. The summed E-state index contributed by atoms with van der Waals surface area (Å²) in [4.78, 5) is 2.79. The first-order chi connectivity index (χ1) is 9.22. The van der Waals surface area contributed by atoms with E-state index in [1.165, 1.54) is 6.61 Å². The van der Waals surface area contributed by atoms with Crippen LogP contribution in [0.3, 0.4) is 0 Å². The lowest BCUT2D eigenvalue weighted by Crippen LogP contribution is -2.49. The Morgan fingerprint density at radius 1 is 1.42 bits per heavy atom. The lowest BCUT2D eigenvalue weighted by atomic mass is 9.99. The summed E-state index contributed by atoms with van der Waals surface area (Å²) in [7, 11) is 0. The standard InChI is InChI=1S/C13H16N3O3/c1-9-12(15-16-14)13(11(17)8-18-9)19-7-10-5-3-2-4-6-10/h2-6,8-9,11-13,17H,7H2,1H3/t9-,11-,12-,13-/m1/s1.